The van der Waals surface area contributed by atoms with Crippen molar-refractivity contribution in [3.63, 3.8) is 0 Å². The van der Waals surface area contributed by atoms with Gasteiger partial charge in [0.15, 0.2) is 0 Å². The molecule has 0 bridgehead atoms. The van der Waals surface area contributed by atoms with E-state index in [1.165, 1.54) is 0 Å². The Morgan fingerprint density at radius 2 is 1.61 bits per heavy atom. The quantitative estimate of drug-likeness (QED) is 0.765. The Morgan fingerprint density at radius 3 is 2.06 bits per heavy atom. The van der Waals surface area contributed by atoms with Gasteiger partial charge in [0.2, 0.25) is 0 Å². The second kappa shape index (κ2) is 6.47. The van der Waals surface area contributed by atoms with Gasteiger partial charge < -0.3 is 25.1 Å². The monoisotopic (exact) mass is 255 g/mol. The minimum Gasteiger partial charge on any atom is -0.496 e. The van der Waals surface area contributed by atoms with E-state index in [1.807, 2.05) is 0 Å². The molecule has 0 heterocycles. The van der Waals surface area contributed by atoms with Crippen molar-refractivity contribution >= 4 is 0 Å². The average molecular weight is 255 g/mol. The van der Waals surface area contributed by atoms with Crippen LogP contribution in [0.4, 0.5) is 0 Å². The molecule has 0 aromatic heterocycles. The van der Waals surface area contributed by atoms with Gasteiger partial charge in [0.25, 0.3) is 0 Å². The Labute approximate surface area is 107 Å². The van der Waals surface area contributed by atoms with E-state index in [0.717, 1.165) is 0 Å². The zero-order valence-electron chi connectivity index (χ0n) is 11.1. The van der Waals surface area contributed by atoms with Gasteiger partial charge >= 0.3 is 0 Å². The molecule has 1 atom stereocenters. The van der Waals surface area contributed by atoms with Crippen LogP contribution in [0, 0.1) is 0 Å². The van der Waals surface area contributed by atoms with Crippen molar-refractivity contribution in [2.75, 3.05) is 27.4 Å². The molecule has 5 nitrogen and oxygen atoms in total. The van der Waals surface area contributed by atoms with Gasteiger partial charge in [-0.2, -0.15) is 0 Å². The number of aliphatic hydroxyl groups is 1. The maximum absolute atomic E-state index is 9.04. The second-order valence-corrected chi connectivity index (χ2v) is 4.46. The minimum absolute atomic E-state index is 0.0716. The lowest BCUT2D eigenvalue weighted by Gasteiger charge is -2.21. The molecule has 0 spiro atoms. The highest BCUT2D eigenvalue weighted by atomic mass is 16.5. The number of rotatable bonds is 7. The molecular formula is C13H21NO4. The summed E-state index contributed by atoms with van der Waals surface area (Å²) in [6, 6.07) is 5.32. The SMILES string of the molecule is COc1cc(OC)cc(OCCC(C)(N)CO)c1. The summed E-state index contributed by atoms with van der Waals surface area (Å²) in [5, 5.41) is 9.04. The van der Waals surface area contributed by atoms with Crippen LogP contribution in [0.25, 0.3) is 0 Å². The molecule has 1 aromatic carbocycles. The van der Waals surface area contributed by atoms with Gasteiger partial charge in [-0.15, -0.1) is 0 Å². The normalized spacial score (nSPS) is 13.8. The molecule has 0 fully saturated rings. The summed E-state index contributed by atoms with van der Waals surface area (Å²) in [6.07, 6.45) is 0.559. The molecule has 5 heteroatoms. The van der Waals surface area contributed by atoms with Crippen LogP contribution in [-0.4, -0.2) is 38.1 Å². The molecule has 1 aromatic rings. The van der Waals surface area contributed by atoms with Crippen molar-refractivity contribution in [2.45, 2.75) is 18.9 Å². The van der Waals surface area contributed by atoms with E-state index in [4.69, 9.17) is 25.1 Å². The number of methoxy groups -OCH3 is 2. The fourth-order valence-electron chi connectivity index (χ4n) is 1.35. The van der Waals surface area contributed by atoms with Crippen LogP contribution in [-0.2, 0) is 0 Å². The van der Waals surface area contributed by atoms with Crippen LogP contribution in [0.2, 0.25) is 0 Å². The predicted octanol–water partition coefficient (Wildman–Crippen LogP) is 1.18. The molecule has 0 aliphatic heterocycles. The first kappa shape index (κ1) is 14.6. The third-order valence-corrected chi connectivity index (χ3v) is 2.63. The summed E-state index contributed by atoms with van der Waals surface area (Å²) in [6.45, 7) is 2.13. The molecule has 3 N–H and O–H groups in total. The van der Waals surface area contributed by atoms with Crippen molar-refractivity contribution < 1.29 is 19.3 Å². The van der Waals surface area contributed by atoms with E-state index >= 15 is 0 Å². The highest BCUT2D eigenvalue weighted by Gasteiger charge is 2.16. The summed E-state index contributed by atoms with van der Waals surface area (Å²) in [7, 11) is 3.17. The Balaban J connectivity index is 2.61. The number of nitrogens with two attached hydrogens (primary N) is 1. The summed E-state index contributed by atoms with van der Waals surface area (Å²) in [5.41, 5.74) is 5.19. The summed E-state index contributed by atoms with van der Waals surface area (Å²) < 4.78 is 15.9. The predicted molar refractivity (Wildman–Crippen MR) is 69.3 cm³/mol. The molecule has 0 radical (unpaired) electrons. The number of benzene rings is 1. The lowest BCUT2D eigenvalue weighted by molar-refractivity contribution is 0.174. The van der Waals surface area contributed by atoms with Gasteiger partial charge in [-0.1, -0.05) is 0 Å². The van der Waals surface area contributed by atoms with Crippen LogP contribution < -0.4 is 19.9 Å². The lowest BCUT2D eigenvalue weighted by atomic mass is 10.0. The number of aliphatic hydroxyl groups excluding tert-OH is 1. The van der Waals surface area contributed by atoms with Crippen molar-refractivity contribution in [3.8, 4) is 17.2 Å². The Bertz CT molecular complexity index is 357. The van der Waals surface area contributed by atoms with Gasteiger partial charge in [-0.3, -0.25) is 0 Å². The topological polar surface area (TPSA) is 73.9 Å². The Hall–Kier alpha value is -1.46. The van der Waals surface area contributed by atoms with Crippen molar-refractivity contribution in [2.24, 2.45) is 5.73 Å². The lowest BCUT2D eigenvalue weighted by Crippen LogP contribution is -2.41. The van der Waals surface area contributed by atoms with Crippen molar-refractivity contribution in [1.82, 2.24) is 0 Å². The van der Waals surface area contributed by atoms with Crippen molar-refractivity contribution in [3.05, 3.63) is 18.2 Å². The molecule has 18 heavy (non-hydrogen) atoms. The van der Waals surface area contributed by atoms with E-state index in [-0.39, 0.29) is 6.61 Å². The minimum atomic E-state index is -0.622. The molecule has 0 saturated heterocycles. The van der Waals surface area contributed by atoms with Crippen LogP contribution in [0.5, 0.6) is 17.2 Å². The van der Waals surface area contributed by atoms with E-state index < -0.39 is 5.54 Å². The maximum Gasteiger partial charge on any atom is 0.126 e. The average Bonchev–Trinajstić information content (AvgIpc) is 2.38. The van der Waals surface area contributed by atoms with Crippen molar-refractivity contribution in [1.29, 1.82) is 0 Å². The number of ether oxygens (including phenoxy) is 3. The van der Waals surface area contributed by atoms with Gasteiger partial charge in [-0.25, -0.2) is 0 Å². The largest absolute Gasteiger partial charge is 0.496 e. The summed E-state index contributed by atoms with van der Waals surface area (Å²) in [4.78, 5) is 0. The molecule has 102 valence electrons. The molecule has 1 rings (SSSR count). The van der Waals surface area contributed by atoms with Crippen LogP contribution >= 0.6 is 0 Å². The van der Waals surface area contributed by atoms with E-state index in [9.17, 15) is 0 Å². The summed E-state index contributed by atoms with van der Waals surface area (Å²) in [5.74, 6) is 1.99. The fourth-order valence-corrected chi connectivity index (χ4v) is 1.35. The van der Waals surface area contributed by atoms with Gasteiger partial charge in [0.1, 0.15) is 17.2 Å². The zero-order chi connectivity index (χ0) is 13.6. The molecule has 1 unspecified atom stereocenters. The first-order chi connectivity index (χ1) is 8.50. The van der Waals surface area contributed by atoms with Gasteiger partial charge in [0, 0.05) is 30.2 Å². The van der Waals surface area contributed by atoms with E-state index in [0.29, 0.717) is 30.3 Å². The number of hydrogen-bond donors (Lipinski definition) is 2. The van der Waals surface area contributed by atoms with Crippen LogP contribution in [0.3, 0.4) is 0 Å². The first-order valence-electron chi connectivity index (χ1n) is 5.76. The highest BCUT2D eigenvalue weighted by molar-refractivity contribution is 5.41. The van der Waals surface area contributed by atoms with Gasteiger partial charge in [0.05, 0.1) is 27.4 Å². The maximum atomic E-state index is 9.04. The third kappa shape index (κ3) is 4.43. The smallest absolute Gasteiger partial charge is 0.126 e. The van der Waals surface area contributed by atoms with E-state index in [2.05, 4.69) is 0 Å². The molecule has 0 aliphatic carbocycles. The molecule has 0 amide bonds. The van der Waals surface area contributed by atoms with E-state index in [1.54, 1.807) is 39.3 Å². The Morgan fingerprint density at radius 1 is 1.11 bits per heavy atom. The number of hydrogen-bond acceptors (Lipinski definition) is 5. The highest BCUT2D eigenvalue weighted by Crippen LogP contribution is 2.27. The van der Waals surface area contributed by atoms with Crippen LogP contribution in [0.1, 0.15) is 13.3 Å². The molecular weight excluding hydrogens is 234 g/mol. The van der Waals surface area contributed by atoms with Crippen LogP contribution in [0.15, 0.2) is 18.2 Å². The third-order valence-electron chi connectivity index (χ3n) is 2.63. The van der Waals surface area contributed by atoms with Gasteiger partial charge in [-0.05, 0) is 6.92 Å². The Kier molecular flexibility index (Phi) is 5.25. The standard InChI is InChI=1S/C13H21NO4/c1-13(14,9-15)4-5-18-12-7-10(16-2)6-11(8-12)17-3/h6-8,15H,4-5,9,14H2,1-3H3. The summed E-state index contributed by atoms with van der Waals surface area (Å²) >= 11 is 0. The zero-order valence-corrected chi connectivity index (χ0v) is 11.1. The molecule has 0 aliphatic rings. The molecule has 0 saturated carbocycles. The fraction of sp³-hybridized carbons (Fsp3) is 0.538. The second-order valence-electron chi connectivity index (χ2n) is 4.46. The first-order valence-corrected chi connectivity index (χ1v) is 5.76.